The van der Waals surface area contributed by atoms with Crippen molar-refractivity contribution in [1.29, 1.82) is 0 Å². The van der Waals surface area contributed by atoms with E-state index < -0.39 is 0 Å². The van der Waals surface area contributed by atoms with Gasteiger partial charge in [-0.3, -0.25) is 9.98 Å². The van der Waals surface area contributed by atoms with Crippen LogP contribution in [0, 0.1) is 0 Å². The van der Waals surface area contributed by atoms with Gasteiger partial charge < -0.3 is 19.9 Å². The highest BCUT2D eigenvalue weighted by molar-refractivity contribution is 6.30. The van der Waals surface area contributed by atoms with Crippen LogP contribution in [0.2, 0.25) is 5.02 Å². The molecule has 0 atom stereocenters. The van der Waals surface area contributed by atoms with E-state index in [9.17, 15) is 0 Å². The average Bonchev–Trinajstić information content (AvgIpc) is 3.40. The molecular weight excluding hydrogens is 400 g/mol. The maximum Gasteiger partial charge on any atom is 0.208 e. The second-order valence-electron chi connectivity index (χ2n) is 6.89. The number of hydrogen-bond donors (Lipinski definition) is 2. The number of nitrogens with one attached hydrogen (secondary N) is 2. The number of hydrogen-bond acceptors (Lipinski definition) is 6. The van der Waals surface area contributed by atoms with Crippen molar-refractivity contribution in [3.05, 3.63) is 71.5 Å². The largest absolute Gasteiger partial charge is 0.455 e. The molecule has 1 aliphatic heterocycles. The van der Waals surface area contributed by atoms with Gasteiger partial charge in [-0.25, -0.2) is 4.98 Å². The third-order valence-corrected chi connectivity index (χ3v) is 5.10. The van der Waals surface area contributed by atoms with Gasteiger partial charge in [0.1, 0.15) is 22.8 Å². The molecule has 5 rings (SSSR count). The normalized spacial score (nSPS) is 13.2. The van der Waals surface area contributed by atoms with Crippen LogP contribution in [0.15, 0.2) is 65.8 Å². The van der Waals surface area contributed by atoms with Crippen LogP contribution in [0.1, 0.15) is 5.69 Å². The number of para-hydroxylation sites is 1. The molecule has 0 fully saturated rings. The topological polar surface area (TPSA) is 76.4 Å². The minimum Gasteiger partial charge on any atom is -0.455 e. The van der Waals surface area contributed by atoms with Gasteiger partial charge in [-0.05, 0) is 42.5 Å². The van der Waals surface area contributed by atoms with E-state index in [0.717, 1.165) is 41.3 Å². The fraction of sp³-hybridized carbons (Fsp3) is 0.136. The highest BCUT2D eigenvalue weighted by Gasteiger charge is 2.15. The quantitative estimate of drug-likeness (QED) is 0.498. The molecule has 4 aromatic rings. The Morgan fingerprint density at radius 1 is 1.13 bits per heavy atom. The standard InChI is InChI=1S/C22H19ClN6O/c1-29-18-3-2-4-19(20(18)28-22(29)27-15-7-5-14(23)6-8-15)30-16-9-10-24-17(13-16)21-25-11-12-26-21/h2-10,13H,11-12H2,1H3,(H,25,26)(H,27,28). The number of nitrogens with zero attached hydrogens (tertiary/aromatic N) is 4. The fourth-order valence-corrected chi connectivity index (χ4v) is 3.47. The van der Waals surface area contributed by atoms with Crippen LogP contribution >= 0.6 is 11.6 Å². The zero-order valence-corrected chi connectivity index (χ0v) is 17.0. The molecule has 0 aliphatic carbocycles. The van der Waals surface area contributed by atoms with Gasteiger partial charge >= 0.3 is 0 Å². The van der Waals surface area contributed by atoms with E-state index in [2.05, 4.69) is 20.6 Å². The zero-order chi connectivity index (χ0) is 20.5. The van der Waals surface area contributed by atoms with Crippen molar-refractivity contribution >= 4 is 40.1 Å². The number of amidine groups is 1. The van der Waals surface area contributed by atoms with Gasteiger partial charge in [-0.2, -0.15) is 0 Å². The van der Waals surface area contributed by atoms with Crippen LogP contribution in [-0.4, -0.2) is 33.5 Å². The number of benzene rings is 2. The summed E-state index contributed by atoms with van der Waals surface area (Å²) in [4.78, 5) is 13.6. The summed E-state index contributed by atoms with van der Waals surface area (Å²) < 4.78 is 8.17. The molecule has 0 saturated carbocycles. The first-order valence-corrected chi connectivity index (χ1v) is 9.96. The van der Waals surface area contributed by atoms with Crippen molar-refractivity contribution in [3.8, 4) is 11.5 Å². The molecule has 150 valence electrons. The van der Waals surface area contributed by atoms with Crippen LogP contribution in [-0.2, 0) is 7.05 Å². The Labute approximate surface area is 178 Å². The minimum absolute atomic E-state index is 0.672. The molecule has 1 aliphatic rings. The van der Waals surface area contributed by atoms with Crippen molar-refractivity contribution in [2.24, 2.45) is 12.0 Å². The molecule has 8 heteroatoms. The number of aryl methyl sites for hydroxylation is 1. The Hall–Kier alpha value is -3.58. The van der Waals surface area contributed by atoms with Crippen molar-refractivity contribution in [3.63, 3.8) is 0 Å². The predicted octanol–water partition coefficient (Wildman–Crippen LogP) is 4.51. The van der Waals surface area contributed by atoms with Crippen molar-refractivity contribution in [2.45, 2.75) is 0 Å². The van der Waals surface area contributed by atoms with Gasteiger partial charge in [-0.15, -0.1) is 0 Å². The van der Waals surface area contributed by atoms with Gasteiger partial charge in [0.05, 0.1) is 12.1 Å². The predicted molar refractivity (Wildman–Crippen MR) is 119 cm³/mol. The Morgan fingerprint density at radius 3 is 2.80 bits per heavy atom. The number of rotatable bonds is 5. The molecule has 0 unspecified atom stereocenters. The lowest BCUT2D eigenvalue weighted by Crippen LogP contribution is -2.20. The van der Waals surface area contributed by atoms with Crippen LogP contribution < -0.4 is 15.4 Å². The molecule has 2 N–H and O–H groups in total. The molecular formula is C22H19ClN6O. The van der Waals surface area contributed by atoms with Crippen LogP contribution in [0.25, 0.3) is 11.0 Å². The van der Waals surface area contributed by atoms with E-state index in [-0.39, 0.29) is 0 Å². The molecule has 0 bridgehead atoms. The first kappa shape index (κ1) is 18.4. The van der Waals surface area contributed by atoms with Crippen molar-refractivity contribution < 1.29 is 4.74 Å². The summed E-state index contributed by atoms with van der Waals surface area (Å²) in [6.45, 7) is 1.59. The lowest BCUT2D eigenvalue weighted by Gasteiger charge is -2.08. The average molecular weight is 419 g/mol. The third kappa shape index (κ3) is 3.55. The van der Waals surface area contributed by atoms with E-state index in [1.54, 1.807) is 6.20 Å². The Kier molecular flexibility index (Phi) is 4.72. The second kappa shape index (κ2) is 7.68. The van der Waals surface area contributed by atoms with E-state index in [1.165, 1.54) is 0 Å². The van der Waals surface area contributed by atoms with Crippen LogP contribution in [0.5, 0.6) is 11.5 Å². The summed E-state index contributed by atoms with van der Waals surface area (Å²) >= 11 is 5.98. The highest BCUT2D eigenvalue weighted by Crippen LogP contribution is 2.32. The van der Waals surface area contributed by atoms with E-state index in [0.29, 0.717) is 22.5 Å². The molecule has 30 heavy (non-hydrogen) atoms. The number of aliphatic imine (C=N–C) groups is 1. The lowest BCUT2D eigenvalue weighted by atomic mass is 10.3. The maximum absolute atomic E-state index is 6.18. The molecule has 3 heterocycles. The Bertz CT molecular complexity index is 1250. The summed E-state index contributed by atoms with van der Waals surface area (Å²) in [5.41, 5.74) is 3.40. The lowest BCUT2D eigenvalue weighted by molar-refractivity contribution is 0.486. The summed E-state index contributed by atoms with van der Waals surface area (Å²) in [6, 6.07) is 17.1. The number of fused-ring (bicyclic) bond motifs is 1. The van der Waals surface area contributed by atoms with Gasteiger partial charge in [0.15, 0.2) is 5.75 Å². The highest BCUT2D eigenvalue weighted by atomic mass is 35.5. The summed E-state index contributed by atoms with van der Waals surface area (Å²) in [6.07, 6.45) is 1.72. The van der Waals surface area contributed by atoms with E-state index in [1.807, 2.05) is 66.2 Å². The molecule has 0 amide bonds. The van der Waals surface area contributed by atoms with E-state index in [4.69, 9.17) is 21.3 Å². The third-order valence-electron chi connectivity index (χ3n) is 4.85. The van der Waals surface area contributed by atoms with Gasteiger partial charge in [0.25, 0.3) is 0 Å². The number of halogens is 1. The number of imidazole rings is 1. The Morgan fingerprint density at radius 2 is 2.00 bits per heavy atom. The number of aromatic nitrogens is 3. The second-order valence-corrected chi connectivity index (χ2v) is 7.32. The number of anilines is 2. The van der Waals surface area contributed by atoms with Crippen LogP contribution in [0.4, 0.5) is 11.6 Å². The SMILES string of the molecule is Cn1c(Nc2ccc(Cl)cc2)nc2c(Oc3ccnc(C4=NCCN4)c3)cccc21. The van der Waals surface area contributed by atoms with Crippen molar-refractivity contribution in [2.75, 3.05) is 18.4 Å². The van der Waals surface area contributed by atoms with Gasteiger partial charge in [0, 0.05) is 36.6 Å². The first-order valence-electron chi connectivity index (χ1n) is 9.58. The molecule has 2 aromatic carbocycles. The fourth-order valence-electron chi connectivity index (χ4n) is 3.35. The number of ether oxygens (including phenoxy) is 1. The van der Waals surface area contributed by atoms with Gasteiger partial charge in [-0.1, -0.05) is 17.7 Å². The van der Waals surface area contributed by atoms with Crippen molar-refractivity contribution in [1.82, 2.24) is 19.9 Å². The maximum atomic E-state index is 6.18. The minimum atomic E-state index is 0.672. The van der Waals surface area contributed by atoms with Gasteiger partial charge in [0.2, 0.25) is 5.95 Å². The molecule has 7 nitrogen and oxygen atoms in total. The Balaban J connectivity index is 1.46. The smallest absolute Gasteiger partial charge is 0.208 e. The van der Waals surface area contributed by atoms with Crippen LogP contribution in [0.3, 0.4) is 0 Å². The molecule has 0 radical (unpaired) electrons. The first-order chi connectivity index (χ1) is 14.7. The molecule has 2 aromatic heterocycles. The monoisotopic (exact) mass is 418 g/mol. The summed E-state index contributed by atoms with van der Waals surface area (Å²) in [7, 11) is 1.96. The molecule has 0 spiro atoms. The summed E-state index contributed by atoms with van der Waals surface area (Å²) in [5, 5.41) is 7.25. The molecule has 0 saturated heterocycles. The zero-order valence-electron chi connectivity index (χ0n) is 16.3. The van der Waals surface area contributed by atoms with E-state index >= 15 is 0 Å². The number of pyridine rings is 1. The summed E-state index contributed by atoms with van der Waals surface area (Å²) in [5.74, 6) is 2.86.